The minimum atomic E-state index is -0.712. The minimum Gasteiger partial charge on any atom is -0.480 e. The number of halogens is 1. The van der Waals surface area contributed by atoms with Crippen LogP contribution in [0.1, 0.15) is 60.1 Å². The summed E-state index contributed by atoms with van der Waals surface area (Å²) in [5.74, 6) is 0.478. The van der Waals surface area contributed by atoms with Crippen molar-refractivity contribution < 1.29 is 9.53 Å². The lowest BCUT2D eigenvalue weighted by atomic mass is 9.69. The Morgan fingerprint density at radius 3 is 2.44 bits per heavy atom. The van der Waals surface area contributed by atoms with E-state index in [1.165, 1.54) is 0 Å². The molecule has 1 aliphatic rings. The number of rotatable bonds is 2. The van der Waals surface area contributed by atoms with Crippen LogP contribution in [-0.2, 0) is 11.8 Å². The van der Waals surface area contributed by atoms with Crippen molar-refractivity contribution in [2.24, 2.45) is 0 Å². The number of carbonyl (C=O) groups is 1. The summed E-state index contributed by atoms with van der Waals surface area (Å²) in [6.45, 7) is 9.74. The highest BCUT2D eigenvalue weighted by Crippen LogP contribution is 2.39. The fraction of sp³-hybridized carbons (Fsp3) is 0.474. The number of hydrogen-bond donors (Lipinski definition) is 0. The molecular formula is C19H24ClN3O2. The van der Waals surface area contributed by atoms with Crippen molar-refractivity contribution in [1.29, 1.82) is 0 Å². The summed E-state index contributed by atoms with van der Waals surface area (Å²) in [6.07, 6.45) is 1.32. The van der Waals surface area contributed by atoms with Crippen LogP contribution in [0.5, 0.6) is 5.88 Å². The smallest absolute Gasteiger partial charge is 0.233 e. The summed E-state index contributed by atoms with van der Waals surface area (Å²) in [5, 5.41) is 8.75. The molecule has 2 aromatic rings. The van der Waals surface area contributed by atoms with E-state index in [0.717, 1.165) is 16.8 Å². The summed E-state index contributed by atoms with van der Waals surface area (Å²) in [6, 6.07) is 3.54. The Kier molecular flexibility index (Phi) is 5.78. The highest BCUT2D eigenvalue weighted by atomic mass is 35.5. The maximum absolute atomic E-state index is 13.2. The summed E-state index contributed by atoms with van der Waals surface area (Å²) < 4.78 is 5.10. The van der Waals surface area contributed by atoms with Gasteiger partial charge >= 0.3 is 0 Å². The Balaban J connectivity index is 0.00000109. The second-order valence-electron chi connectivity index (χ2n) is 6.16. The molecule has 0 radical (unpaired) electrons. The van der Waals surface area contributed by atoms with Gasteiger partial charge in [0, 0.05) is 11.6 Å². The number of fused-ring (bicyclic) bond motifs is 1. The molecule has 0 fully saturated rings. The number of ketones is 1. The lowest BCUT2D eigenvalue weighted by Crippen LogP contribution is -2.40. The fourth-order valence-electron chi connectivity index (χ4n) is 3.28. The van der Waals surface area contributed by atoms with Crippen LogP contribution in [0.2, 0.25) is 5.15 Å². The van der Waals surface area contributed by atoms with Crippen molar-refractivity contribution in [2.75, 3.05) is 7.11 Å². The van der Waals surface area contributed by atoms with Gasteiger partial charge in [-0.1, -0.05) is 25.4 Å². The van der Waals surface area contributed by atoms with E-state index >= 15 is 0 Å². The molecular weight excluding hydrogens is 338 g/mol. The molecule has 2 heterocycles. The molecule has 6 heteroatoms. The van der Waals surface area contributed by atoms with E-state index in [1.807, 2.05) is 40.7 Å². The average Bonchev–Trinajstić information content (AvgIpc) is 2.59. The fourth-order valence-corrected chi connectivity index (χ4v) is 3.54. The van der Waals surface area contributed by atoms with Crippen LogP contribution in [0.4, 0.5) is 0 Å². The van der Waals surface area contributed by atoms with Gasteiger partial charge in [0.2, 0.25) is 5.88 Å². The predicted octanol–water partition coefficient (Wildman–Crippen LogP) is 4.26. The molecule has 0 amide bonds. The van der Waals surface area contributed by atoms with E-state index in [4.69, 9.17) is 16.3 Å². The standard InChI is InChI=1S/C17H18ClN3O2.C2H6/c1-9-7-12(18)19-11-5-6-17(3,16(22)14(9)11)15-10(2)8-13(23-4)20-21-15;1-2/h7-8H,5-6H2,1-4H3;1-2H3. The quantitative estimate of drug-likeness (QED) is 0.747. The van der Waals surface area contributed by atoms with Crippen LogP contribution in [-0.4, -0.2) is 28.1 Å². The first-order valence-corrected chi connectivity index (χ1v) is 8.84. The number of aromatic nitrogens is 3. The molecule has 3 rings (SSSR count). The van der Waals surface area contributed by atoms with Gasteiger partial charge in [-0.15, -0.1) is 5.10 Å². The Labute approximate surface area is 153 Å². The van der Waals surface area contributed by atoms with Crippen molar-refractivity contribution in [3.63, 3.8) is 0 Å². The van der Waals surface area contributed by atoms with E-state index in [0.29, 0.717) is 35.1 Å². The van der Waals surface area contributed by atoms with E-state index in [-0.39, 0.29) is 5.78 Å². The number of carbonyl (C=O) groups excluding carboxylic acids is 1. The van der Waals surface area contributed by atoms with Gasteiger partial charge in [0.15, 0.2) is 5.78 Å². The normalized spacial score (nSPS) is 18.9. The van der Waals surface area contributed by atoms with Crippen molar-refractivity contribution in [3.8, 4) is 5.88 Å². The number of methoxy groups -OCH3 is 1. The lowest BCUT2D eigenvalue weighted by molar-refractivity contribution is 0.0868. The molecule has 2 aromatic heterocycles. The Morgan fingerprint density at radius 1 is 1.16 bits per heavy atom. The molecule has 134 valence electrons. The third-order valence-corrected chi connectivity index (χ3v) is 4.74. The molecule has 5 nitrogen and oxygen atoms in total. The van der Waals surface area contributed by atoms with E-state index in [2.05, 4.69) is 15.2 Å². The molecule has 0 N–H and O–H groups in total. The second kappa shape index (κ2) is 7.48. The van der Waals surface area contributed by atoms with E-state index in [9.17, 15) is 4.79 Å². The van der Waals surface area contributed by atoms with Gasteiger partial charge in [-0.2, -0.15) is 5.10 Å². The van der Waals surface area contributed by atoms with Crippen molar-refractivity contribution in [2.45, 2.75) is 52.9 Å². The van der Waals surface area contributed by atoms with Gasteiger partial charge < -0.3 is 4.74 Å². The summed E-state index contributed by atoms with van der Waals surface area (Å²) in [7, 11) is 1.55. The summed E-state index contributed by atoms with van der Waals surface area (Å²) >= 11 is 6.02. The van der Waals surface area contributed by atoms with E-state index < -0.39 is 5.41 Å². The van der Waals surface area contributed by atoms with Crippen LogP contribution in [0.25, 0.3) is 0 Å². The molecule has 0 bridgehead atoms. The molecule has 1 atom stereocenters. The van der Waals surface area contributed by atoms with Crippen LogP contribution in [0.3, 0.4) is 0 Å². The number of aryl methyl sites for hydroxylation is 3. The monoisotopic (exact) mass is 361 g/mol. The molecule has 0 saturated carbocycles. The second-order valence-corrected chi connectivity index (χ2v) is 6.55. The van der Waals surface area contributed by atoms with Gasteiger partial charge in [-0.05, 0) is 50.8 Å². The molecule has 1 unspecified atom stereocenters. The number of nitrogens with zero attached hydrogens (tertiary/aromatic N) is 3. The molecule has 0 spiro atoms. The molecule has 25 heavy (non-hydrogen) atoms. The van der Waals surface area contributed by atoms with Gasteiger partial charge in [0.05, 0.1) is 23.9 Å². The molecule has 1 aliphatic carbocycles. The number of ether oxygens (including phenoxy) is 1. The highest BCUT2D eigenvalue weighted by Gasteiger charge is 2.43. The van der Waals surface area contributed by atoms with Crippen molar-refractivity contribution in [1.82, 2.24) is 15.2 Å². The average molecular weight is 362 g/mol. The maximum Gasteiger partial charge on any atom is 0.233 e. The number of hydrogen-bond acceptors (Lipinski definition) is 5. The summed E-state index contributed by atoms with van der Waals surface area (Å²) in [5.41, 5.74) is 3.18. The zero-order chi connectivity index (χ0) is 18.8. The van der Waals surface area contributed by atoms with Crippen LogP contribution in [0.15, 0.2) is 12.1 Å². The summed E-state index contributed by atoms with van der Waals surface area (Å²) in [4.78, 5) is 17.5. The number of pyridine rings is 1. The Hall–Kier alpha value is -2.01. The minimum absolute atomic E-state index is 0.0305. The predicted molar refractivity (Wildman–Crippen MR) is 98.7 cm³/mol. The van der Waals surface area contributed by atoms with E-state index in [1.54, 1.807) is 13.2 Å². The highest BCUT2D eigenvalue weighted by molar-refractivity contribution is 6.29. The molecule has 0 saturated heterocycles. The first-order valence-electron chi connectivity index (χ1n) is 8.46. The third-order valence-electron chi connectivity index (χ3n) is 4.54. The Morgan fingerprint density at radius 2 is 1.84 bits per heavy atom. The van der Waals surface area contributed by atoms with Crippen molar-refractivity contribution >= 4 is 17.4 Å². The largest absolute Gasteiger partial charge is 0.480 e. The SMILES string of the molecule is CC.COc1cc(C)c(C2(C)CCc3nc(Cl)cc(C)c3C2=O)nn1. The molecule has 0 aromatic carbocycles. The third kappa shape index (κ3) is 3.38. The molecule has 0 aliphatic heterocycles. The zero-order valence-electron chi connectivity index (χ0n) is 15.6. The van der Waals surface area contributed by atoms with Crippen LogP contribution >= 0.6 is 11.6 Å². The van der Waals surface area contributed by atoms with Crippen LogP contribution in [0, 0.1) is 13.8 Å². The van der Waals surface area contributed by atoms with Gasteiger partial charge in [-0.25, -0.2) is 4.98 Å². The lowest BCUT2D eigenvalue weighted by Gasteiger charge is -2.33. The Bertz CT molecular complexity index is 807. The van der Waals surface area contributed by atoms with Gasteiger partial charge in [-0.3, -0.25) is 4.79 Å². The van der Waals surface area contributed by atoms with Crippen LogP contribution < -0.4 is 4.74 Å². The van der Waals surface area contributed by atoms with Gasteiger partial charge in [0.1, 0.15) is 5.15 Å². The van der Waals surface area contributed by atoms with Crippen molar-refractivity contribution in [3.05, 3.63) is 45.4 Å². The maximum atomic E-state index is 13.2. The first-order chi connectivity index (χ1) is 11.9. The van der Waals surface area contributed by atoms with Gasteiger partial charge in [0.25, 0.3) is 0 Å². The zero-order valence-corrected chi connectivity index (χ0v) is 16.4. The first kappa shape index (κ1) is 19.3. The topological polar surface area (TPSA) is 65.0 Å². The number of Topliss-reactive ketones (excluding diaryl/α,β-unsaturated/α-hetero) is 1.